The fourth-order valence-corrected chi connectivity index (χ4v) is 5.51. The van der Waals surface area contributed by atoms with E-state index < -0.39 is 73.0 Å². The van der Waals surface area contributed by atoms with Crippen molar-refractivity contribution in [1.82, 2.24) is 30.9 Å². The summed E-state index contributed by atoms with van der Waals surface area (Å²) in [6.45, 7) is 9.90. The maximum Gasteiger partial charge on any atom is 0.252 e. The molecular formula is C31H50N6O13. The molecular weight excluding hydrogens is 664 g/mol. The van der Waals surface area contributed by atoms with Crippen LogP contribution in [0.15, 0.2) is 18.3 Å². The van der Waals surface area contributed by atoms with Crippen LogP contribution in [-0.4, -0.2) is 161 Å². The number of carbonyl (C=O) groups is 3. The Balaban J connectivity index is 1.30. The number of ether oxygens (including phenoxy) is 6. The lowest BCUT2D eigenvalue weighted by molar-refractivity contribution is -0.331. The second kappa shape index (κ2) is 18.9. The lowest BCUT2D eigenvalue weighted by Crippen LogP contribution is -2.66. The summed E-state index contributed by atoms with van der Waals surface area (Å²) in [5.41, 5.74) is 1.01. The van der Waals surface area contributed by atoms with Gasteiger partial charge in [0.05, 0.1) is 38.7 Å². The minimum absolute atomic E-state index is 0.122. The number of rotatable bonds is 18. The molecule has 3 fully saturated rings. The maximum atomic E-state index is 13.2. The molecule has 3 amide bonds. The van der Waals surface area contributed by atoms with Gasteiger partial charge in [0.25, 0.3) is 11.8 Å². The van der Waals surface area contributed by atoms with E-state index in [0.717, 1.165) is 0 Å². The molecule has 7 N–H and O–H groups in total. The van der Waals surface area contributed by atoms with E-state index >= 15 is 0 Å². The Morgan fingerprint density at radius 2 is 1.58 bits per heavy atom. The van der Waals surface area contributed by atoms with Crippen LogP contribution in [0.25, 0.3) is 0 Å². The molecule has 0 radical (unpaired) electrons. The van der Waals surface area contributed by atoms with E-state index in [0.29, 0.717) is 63.0 Å². The molecule has 0 bridgehead atoms. The van der Waals surface area contributed by atoms with E-state index in [9.17, 15) is 34.8 Å². The van der Waals surface area contributed by atoms with Crippen molar-refractivity contribution in [3.63, 3.8) is 0 Å². The van der Waals surface area contributed by atoms with E-state index in [1.165, 1.54) is 14.0 Å². The molecule has 19 heteroatoms. The quantitative estimate of drug-likeness (QED) is 0.0575. The molecule has 4 heterocycles. The van der Waals surface area contributed by atoms with Crippen molar-refractivity contribution < 1.29 is 63.2 Å². The van der Waals surface area contributed by atoms with Gasteiger partial charge < -0.3 is 64.8 Å². The van der Waals surface area contributed by atoms with Gasteiger partial charge in [0.15, 0.2) is 18.5 Å². The van der Waals surface area contributed by atoms with Crippen LogP contribution in [0, 0.1) is 5.92 Å². The SMILES string of the molecule is C=C(C)C(=O)NCCCNC(=O)C1OC(C)C(O)C(O)C1OC1OC(C(=O)NCCCn2cc(COCC3COC3)nn2)C(OC)C(O)C1O. The topological polar surface area (TPSA) is 254 Å². The van der Waals surface area contributed by atoms with Crippen LogP contribution in [0.2, 0.25) is 0 Å². The number of aryl methyl sites for hydroxylation is 1. The van der Waals surface area contributed by atoms with Gasteiger partial charge in [-0.1, -0.05) is 11.8 Å². The zero-order valence-corrected chi connectivity index (χ0v) is 28.5. The minimum atomic E-state index is -1.78. The average Bonchev–Trinajstić information content (AvgIpc) is 3.53. The maximum absolute atomic E-state index is 13.2. The largest absolute Gasteiger partial charge is 0.388 e. The normalized spacial score (nSPS) is 31.4. The lowest BCUT2D eigenvalue weighted by Gasteiger charge is -2.46. The first-order valence-electron chi connectivity index (χ1n) is 16.7. The van der Waals surface area contributed by atoms with Crippen molar-refractivity contribution in [3.8, 4) is 0 Å². The van der Waals surface area contributed by atoms with Gasteiger partial charge in [-0.05, 0) is 26.7 Å². The third kappa shape index (κ3) is 10.5. The summed E-state index contributed by atoms with van der Waals surface area (Å²) in [4.78, 5) is 38.0. The molecule has 10 atom stereocenters. The van der Waals surface area contributed by atoms with E-state index in [4.69, 9.17) is 28.4 Å². The van der Waals surface area contributed by atoms with Gasteiger partial charge >= 0.3 is 0 Å². The number of nitrogens with one attached hydrogen (secondary N) is 3. The molecule has 3 aliphatic rings. The van der Waals surface area contributed by atoms with Gasteiger partial charge in [-0.15, -0.1) is 5.10 Å². The van der Waals surface area contributed by atoms with Crippen LogP contribution in [0.1, 0.15) is 32.4 Å². The zero-order valence-electron chi connectivity index (χ0n) is 28.5. The van der Waals surface area contributed by atoms with E-state index in [1.54, 1.807) is 17.8 Å². The number of methoxy groups -OCH3 is 1. The summed E-state index contributed by atoms with van der Waals surface area (Å²) in [7, 11) is 1.23. The van der Waals surface area contributed by atoms with Gasteiger partial charge in [0.2, 0.25) is 5.91 Å². The number of carbonyl (C=O) groups excluding carboxylic acids is 3. The zero-order chi connectivity index (χ0) is 36.4. The van der Waals surface area contributed by atoms with Gasteiger partial charge in [0, 0.05) is 44.8 Å². The Labute approximate surface area is 289 Å². The predicted molar refractivity (Wildman–Crippen MR) is 170 cm³/mol. The summed E-state index contributed by atoms with van der Waals surface area (Å²) in [5.74, 6) is -1.29. The Kier molecular flexibility index (Phi) is 15.0. The molecule has 0 spiro atoms. The first kappa shape index (κ1) is 39.7. The van der Waals surface area contributed by atoms with E-state index in [-0.39, 0.29) is 25.5 Å². The highest BCUT2D eigenvalue weighted by molar-refractivity contribution is 5.92. The summed E-state index contributed by atoms with van der Waals surface area (Å²) in [6.07, 6.45) is -12.6. The molecule has 282 valence electrons. The van der Waals surface area contributed by atoms with Crippen LogP contribution >= 0.6 is 0 Å². The fourth-order valence-electron chi connectivity index (χ4n) is 5.51. The average molecular weight is 715 g/mol. The van der Waals surface area contributed by atoms with Crippen molar-refractivity contribution in [2.75, 3.05) is 46.6 Å². The molecule has 19 nitrogen and oxygen atoms in total. The number of aliphatic hydroxyl groups excluding tert-OH is 4. The molecule has 1 aromatic heterocycles. The first-order chi connectivity index (χ1) is 23.9. The number of nitrogens with zero attached hydrogens (tertiary/aromatic N) is 3. The second-order valence-electron chi connectivity index (χ2n) is 12.7. The highest BCUT2D eigenvalue weighted by Gasteiger charge is 2.53. The van der Waals surface area contributed by atoms with Crippen molar-refractivity contribution in [1.29, 1.82) is 0 Å². The molecule has 3 saturated heterocycles. The van der Waals surface area contributed by atoms with E-state index in [1.807, 2.05) is 0 Å². The molecule has 4 rings (SSSR count). The van der Waals surface area contributed by atoms with Crippen molar-refractivity contribution >= 4 is 17.7 Å². The highest BCUT2D eigenvalue weighted by Crippen LogP contribution is 2.30. The van der Waals surface area contributed by atoms with Crippen molar-refractivity contribution in [2.24, 2.45) is 5.92 Å². The molecule has 0 aliphatic carbocycles. The first-order valence-corrected chi connectivity index (χ1v) is 16.7. The predicted octanol–water partition coefficient (Wildman–Crippen LogP) is -3.50. The standard InChI is InChI=1S/C31H50N6O13/c1-16(2)28(42)32-7-5-8-33-30(44)27-25(21(39)20(38)17(3)48-27)49-31-23(41)22(40)24(45-4)26(50-31)29(43)34-9-6-10-37-11-19(35-36-37)15-47-14-18-12-46-13-18/h11,17-18,20-27,31,38-41H,1,5-10,12-15H2,2-4H3,(H,32,42)(H,33,44)(H,34,43). The minimum Gasteiger partial charge on any atom is -0.388 e. The number of amides is 3. The molecule has 1 aromatic rings. The molecule has 10 unspecified atom stereocenters. The molecule has 0 aromatic carbocycles. The smallest absolute Gasteiger partial charge is 0.252 e. The fraction of sp³-hybridized carbons (Fsp3) is 0.774. The Hall–Kier alpha value is -3.11. The number of hydrogen-bond acceptors (Lipinski definition) is 15. The Morgan fingerprint density at radius 3 is 2.22 bits per heavy atom. The summed E-state index contributed by atoms with van der Waals surface area (Å²) in [6, 6.07) is 0. The number of aliphatic hydroxyl groups is 4. The Morgan fingerprint density at radius 1 is 0.940 bits per heavy atom. The third-order valence-electron chi connectivity index (χ3n) is 8.54. The van der Waals surface area contributed by atoms with Crippen LogP contribution in [-0.2, 0) is 56.0 Å². The van der Waals surface area contributed by atoms with Crippen molar-refractivity contribution in [2.45, 2.75) is 101 Å². The molecule has 3 aliphatic heterocycles. The monoisotopic (exact) mass is 714 g/mol. The van der Waals surface area contributed by atoms with Crippen LogP contribution in [0.3, 0.4) is 0 Å². The number of aromatic nitrogens is 3. The highest BCUT2D eigenvalue weighted by atomic mass is 16.7. The van der Waals surface area contributed by atoms with Gasteiger partial charge in [-0.25, -0.2) is 0 Å². The van der Waals surface area contributed by atoms with Crippen LogP contribution < -0.4 is 16.0 Å². The molecule has 50 heavy (non-hydrogen) atoms. The third-order valence-corrected chi connectivity index (χ3v) is 8.54. The molecule has 0 saturated carbocycles. The van der Waals surface area contributed by atoms with E-state index in [2.05, 4.69) is 32.8 Å². The number of hydrogen-bond donors (Lipinski definition) is 7. The van der Waals surface area contributed by atoms with Gasteiger partial charge in [0.1, 0.15) is 42.3 Å². The summed E-state index contributed by atoms with van der Waals surface area (Å²) in [5, 5.41) is 59.3. The van der Waals surface area contributed by atoms with Gasteiger partial charge in [-0.3, -0.25) is 19.1 Å². The van der Waals surface area contributed by atoms with Crippen LogP contribution in [0.4, 0.5) is 0 Å². The van der Waals surface area contributed by atoms with Gasteiger partial charge in [-0.2, -0.15) is 0 Å². The summed E-state index contributed by atoms with van der Waals surface area (Å²) < 4.78 is 34.9. The summed E-state index contributed by atoms with van der Waals surface area (Å²) >= 11 is 0. The second-order valence-corrected chi connectivity index (χ2v) is 12.7. The van der Waals surface area contributed by atoms with Crippen LogP contribution in [0.5, 0.6) is 0 Å². The van der Waals surface area contributed by atoms with Crippen molar-refractivity contribution in [3.05, 3.63) is 24.0 Å². The Bertz CT molecular complexity index is 1280. The lowest BCUT2D eigenvalue weighted by atomic mass is 9.94.